The Morgan fingerprint density at radius 3 is 2.95 bits per heavy atom. The van der Waals surface area contributed by atoms with Crippen LogP contribution >= 0.6 is 34.9 Å². The predicted octanol–water partition coefficient (Wildman–Crippen LogP) is 4.34. The minimum absolute atomic E-state index is 0.679. The second kappa shape index (κ2) is 5.40. The van der Waals surface area contributed by atoms with E-state index in [0.29, 0.717) is 4.77 Å². The first kappa shape index (κ1) is 12.8. The molecular formula is C13H13N3S3. The van der Waals surface area contributed by atoms with E-state index in [4.69, 9.17) is 12.2 Å². The van der Waals surface area contributed by atoms with Crippen LogP contribution in [0.4, 0.5) is 0 Å². The third-order valence-corrected chi connectivity index (χ3v) is 5.15. The van der Waals surface area contributed by atoms with Gasteiger partial charge in [-0.15, -0.1) is 22.7 Å². The Morgan fingerprint density at radius 1 is 1.32 bits per heavy atom. The monoisotopic (exact) mass is 307 g/mol. The van der Waals surface area contributed by atoms with Crippen molar-refractivity contribution in [2.45, 2.75) is 19.9 Å². The number of nitrogens with one attached hydrogen (secondary N) is 1. The first-order chi connectivity index (χ1) is 9.29. The minimum Gasteiger partial charge on any atom is -0.294 e. The molecule has 0 saturated carbocycles. The number of nitrogens with zero attached hydrogens (tertiary/aromatic N) is 2. The van der Waals surface area contributed by atoms with Crippen LogP contribution in [0.1, 0.15) is 17.4 Å². The molecule has 0 spiro atoms. The van der Waals surface area contributed by atoms with Crippen molar-refractivity contribution in [1.29, 1.82) is 0 Å². The number of aryl methyl sites for hydroxylation is 1. The molecule has 3 heterocycles. The molecule has 0 saturated heterocycles. The largest absolute Gasteiger partial charge is 0.294 e. The van der Waals surface area contributed by atoms with Crippen molar-refractivity contribution >= 4 is 34.9 Å². The maximum atomic E-state index is 5.35. The summed E-state index contributed by atoms with van der Waals surface area (Å²) in [7, 11) is 0. The maximum Gasteiger partial charge on any atom is 0.195 e. The standard InChI is InChI=1S/C13H13N3S3/c1-2-9-5-7-19-11(9)8-16-12(14-15-13(16)17)10-4-3-6-18-10/h3-7H,2,8H2,1H3,(H,15,17). The van der Waals surface area contributed by atoms with Gasteiger partial charge in [-0.2, -0.15) is 5.10 Å². The zero-order chi connectivity index (χ0) is 13.2. The summed E-state index contributed by atoms with van der Waals surface area (Å²) in [6, 6.07) is 6.29. The van der Waals surface area contributed by atoms with Crippen LogP contribution in [0.15, 0.2) is 29.0 Å². The SMILES string of the molecule is CCc1ccsc1Cn1c(-c2cccs2)n[nH]c1=S. The molecule has 0 aliphatic carbocycles. The van der Waals surface area contributed by atoms with Gasteiger partial charge in [0.15, 0.2) is 10.6 Å². The van der Waals surface area contributed by atoms with Crippen LogP contribution in [0.2, 0.25) is 0 Å². The third kappa shape index (κ3) is 2.43. The van der Waals surface area contributed by atoms with Crippen molar-refractivity contribution in [3.63, 3.8) is 0 Å². The summed E-state index contributed by atoms with van der Waals surface area (Å²) in [6.45, 7) is 2.98. The lowest BCUT2D eigenvalue weighted by Crippen LogP contribution is -2.02. The van der Waals surface area contributed by atoms with Gasteiger partial charge >= 0.3 is 0 Å². The van der Waals surface area contributed by atoms with E-state index in [0.717, 1.165) is 23.7 Å². The first-order valence-electron chi connectivity index (χ1n) is 6.04. The van der Waals surface area contributed by atoms with E-state index in [-0.39, 0.29) is 0 Å². The van der Waals surface area contributed by atoms with Gasteiger partial charge in [0, 0.05) is 4.88 Å². The molecular weight excluding hydrogens is 294 g/mol. The van der Waals surface area contributed by atoms with E-state index in [2.05, 4.69) is 44.6 Å². The summed E-state index contributed by atoms with van der Waals surface area (Å²) in [6.07, 6.45) is 1.05. The van der Waals surface area contributed by atoms with Gasteiger partial charge in [-0.3, -0.25) is 9.67 Å². The van der Waals surface area contributed by atoms with Crippen molar-refractivity contribution in [2.75, 3.05) is 0 Å². The molecule has 0 radical (unpaired) electrons. The number of hydrogen-bond donors (Lipinski definition) is 1. The van der Waals surface area contributed by atoms with Crippen molar-refractivity contribution in [3.05, 3.63) is 44.2 Å². The van der Waals surface area contributed by atoms with Gasteiger partial charge in [-0.1, -0.05) is 13.0 Å². The van der Waals surface area contributed by atoms with E-state index in [9.17, 15) is 0 Å². The summed E-state index contributed by atoms with van der Waals surface area (Å²) < 4.78 is 2.76. The highest BCUT2D eigenvalue weighted by atomic mass is 32.1. The molecule has 0 aliphatic rings. The first-order valence-corrected chi connectivity index (χ1v) is 8.20. The van der Waals surface area contributed by atoms with Gasteiger partial charge in [0.2, 0.25) is 0 Å². The fourth-order valence-electron chi connectivity index (χ4n) is 2.02. The van der Waals surface area contributed by atoms with Crippen LogP contribution in [-0.2, 0) is 13.0 Å². The Hall–Kier alpha value is -1.24. The molecule has 6 heteroatoms. The molecule has 3 nitrogen and oxygen atoms in total. The van der Waals surface area contributed by atoms with E-state index < -0.39 is 0 Å². The lowest BCUT2D eigenvalue weighted by Gasteiger charge is -2.05. The second-order valence-electron chi connectivity index (χ2n) is 4.14. The molecule has 3 aromatic rings. The van der Waals surface area contributed by atoms with E-state index in [1.54, 1.807) is 22.7 Å². The molecule has 0 fully saturated rings. The smallest absolute Gasteiger partial charge is 0.195 e. The molecule has 0 atom stereocenters. The summed E-state index contributed by atoms with van der Waals surface area (Å²) in [5.74, 6) is 0.926. The maximum absolute atomic E-state index is 5.35. The van der Waals surface area contributed by atoms with Crippen molar-refractivity contribution in [1.82, 2.24) is 14.8 Å². The van der Waals surface area contributed by atoms with Gasteiger partial charge in [0.05, 0.1) is 11.4 Å². The quantitative estimate of drug-likeness (QED) is 0.727. The number of H-pyrrole nitrogens is 1. The fourth-order valence-corrected chi connectivity index (χ4v) is 3.91. The van der Waals surface area contributed by atoms with E-state index in [1.165, 1.54) is 10.4 Å². The van der Waals surface area contributed by atoms with Crippen molar-refractivity contribution in [3.8, 4) is 10.7 Å². The normalized spacial score (nSPS) is 11.0. The molecule has 19 heavy (non-hydrogen) atoms. The summed E-state index contributed by atoms with van der Waals surface area (Å²) in [5, 5.41) is 11.5. The number of rotatable bonds is 4. The minimum atomic E-state index is 0.679. The highest BCUT2D eigenvalue weighted by Crippen LogP contribution is 2.25. The number of hydrogen-bond acceptors (Lipinski definition) is 4. The average molecular weight is 307 g/mol. The lowest BCUT2D eigenvalue weighted by atomic mass is 10.2. The average Bonchev–Trinajstić information content (AvgIpc) is 3.12. The van der Waals surface area contributed by atoms with Crippen LogP contribution in [0.5, 0.6) is 0 Å². The van der Waals surface area contributed by atoms with Crippen molar-refractivity contribution < 1.29 is 0 Å². The molecule has 0 aromatic carbocycles. The summed E-state index contributed by atoms with van der Waals surface area (Å²) >= 11 is 8.82. The molecule has 3 rings (SSSR count). The van der Waals surface area contributed by atoms with Gasteiger partial charge in [0.1, 0.15) is 0 Å². The molecule has 0 aliphatic heterocycles. The second-order valence-corrected chi connectivity index (χ2v) is 6.47. The Kier molecular flexibility index (Phi) is 3.63. The highest BCUT2D eigenvalue weighted by molar-refractivity contribution is 7.71. The predicted molar refractivity (Wildman–Crippen MR) is 83.5 cm³/mol. The van der Waals surface area contributed by atoms with Gasteiger partial charge < -0.3 is 0 Å². The molecule has 1 N–H and O–H groups in total. The van der Waals surface area contributed by atoms with Gasteiger partial charge in [-0.25, -0.2) is 0 Å². The Bertz CT molecular complexity index is 718. The van der Waals surface area contributed by atoms with Crippen LogP contribution in [0.25, 0.3) is 10.7 Å². The number of aromatic nitrogens is 3. The molecule has 0 amide bonds. The summed E-state index contributed by atoms with van der Waals surface area (Å²) in [5.41, 5.74) is 1.39. The van der Waals surface area contributed by atoms with Crippen LogP contribution in [0, 0.1) is 4.77 Å². The van der Waals surface area contributed by atoms with Gasteiger partial charge in [-0.05, 0) is 47.1 Å². The van der Waals surface area contributed by atoms with Crippen LogP contribution in [0.3, 0.4) is 0 Å². The van der Waals surface area contributed by atoms with E-state index >= 15 is 0 Å². The molecule has 0 unspecified atom stereocenters. The molecule has 0 bridgehead atoms. The lowest BCUT2D eigenvalue weighted by molar-refractivity contribution is 0.795. The zero-order valence-corrected chi connectivity index (χ0v) is 12.9. The van der Waals surface area contributed by atoms with Crippen molar-refractivity contribution in [2.24, 2.45) is 0 Å². The molecule has 3 aromatic heterocycles. The Morgan fingerprint density at radius 2 is 2.21 bits per heavy atom. The van der Waals surface area contributed by atoms with E-state index in [1.807, 2.05) is 6.07 Å². The van der Waals surface area contributed by atoms with Crippen LogP contribution < -0.4 is 0 Å². The Labute approximate surface area is 124 Å². The third-order valence-electron chi connectivity index (χ3n) is 3.02. The Balaban J connectivity index is 2.02. The van der Waals surface area contributed by atoms with Crippen LogP contribution in [-0.4, -0.2) is 14.8 Å². The molecule has 98 valence electrons. The van der Waals surface area contributed by atoms with Gasteiger partial charge in [0.25, 0.3) is 0 Å². The highest BCUT2D eigenvalue weighted by Gasteiger charge is 2.12. The zero-order valence-electron chi connectivity index (χ0n) is 10.4. The topological polar surface area (TPSA) is 33.6 Å². The fraction of sp³-hybridized carbons (Fsp3) is 0.231. The summed E-state index contributed by atoms with van der Waals surface area (Å²) in [4.78, 5) is 2.50. The number of thiophene rings is 2. The number of aromatic amines is 1.